The van der Waals surface area contributed by atoms with E-state index in [0.717, 1.165) is 32.0 Å². The van der Waals surface area contributed by atoms with Gasteiger partial charge >= 0.3 is 0 Å². The Morgan fingerprint density at radius 1 is 1.31 bits per heavy atom. The summed E-state index contributed by atoms with van der Waals surface area (Å²) in [6, 6.07) is 6.15. The Morgan fingerprint density at radius 2 is 2.19 bits per heavy atom. The SMILES string of the molecule is Cc1nc2ccc(-c3nc(Br)cs3)cc2[nH]1. The summed E-state index contributed by atoms with van der Waals surface area (Å²) in [5.41, 5.74) is 3.17. The molecule has 16 heavy (non-hydrogen) atoms. The Labute approximate surface area is 105 Å². The van der Waals surface area contributed by atoms with Crippen molar-refractivity contribution in [1.82, 2.24) is 15.0 Å². The summed E-state index contributed by atoms with van der Waals surface area (Å²) in [5.74, 6) is 0.937. The predicted molar refractivity (Wildman–Crippen MR) is 69.6 cm³/mol. The Bertz CT molecular complexity index is 656. The van der Waals surface area contributed by atoms with Crippen LogP contribution in [0.4, 0.5) is 0 Å². The molecule has 0 radical (unpaired) electrons. The van der Waals surface area contributed by atoms with Gasteiger partial charge in [-0.3, -0.25) is 0 Å². The Balaban J connectivity index is 2.17. The number of aromatic nitrogens is 3. The fraction of sp³-hybridized carbons (Fsp3) is 0.0909. The minimum atomic E-state index is 0.883. The molecule has 0 unspecified atom stereocenters. The number of H-pyrrole nitrogens is 1. The Kier molecular flexibility index (Phi) is 2.29. The van der Waals surface area contributed by atoms with Gasteiger partial charge in [0.2, 0.25) is 0 Å². The highest BCUT2D eigenvalue weighted by Gasteiger charge is 2.05. The van der Waals surface area contributed by atoms with Crippen LogP contribution in [0.2, 0.25) is 0 Å². The van der Waals surface area contributed by atoms with E-state index in [-0.39, 0.29) is 0 Å². The predicted octanol–water partition coefficient (Wildman–Crippen LogP) is 3.76. The van der Waals surface area contributed by atoms with Crippen LogP contribution in [-0.2, 0) is 0 Å². The van der Waals surface area contributed by atoms with Crippen molar-refractivity contribution in [2.75, 3.05) is 0 Å². The van der Waals surface area contributed by atoms with Crippen molar-refractivity contribution >= 4 is 38.3 Å². The van der Waals surface area contributed by atoms with Crippen LogP contribution in [0, 0.1) is 6.92 Å². The molecule has 0 aliphatic carbocycles. The molecule has 3 nitrogen and oxygen atoms in total. The zero-order valence-electron chi connectivity index (χ0n) is 8.49. The molecule has 0 saturated carbocycles. The number of aryl methyl sites for hydroxylation is 1. The Morgan fingerprint density at radius 3 is 2.94 bits per heavy atom. The van der Waals surface area contributed by atoms with Gasteiger partial charge in [0.25, 0.3) is 0 Å². The van der Waals surface area contributed by atoms with Gasteiger partial charge in [0, 0.05) is 10.9 Å². The van der Waals surface area contributed by atoms with Gasteiger partial charge in [-0.2, -0.15) is 0 Å². The van der Waals surface area contributed by atoms with E-state index >= 15 is 0 Å². The van der Waals surface area contributed by atoms with Gasteiger partial charge < -0.3 is 4.98 Å². The second-order valence-corrected chi connectivity index (χ2v) is 5.20. The van der Waals surface area contributed by atoms with Gasteiger partial charge in [-0.25, -0.2) is 9.97 Å². The zero-order valence-corrected chi connectivity index (χ0v) is 10.9. The largest absolute Gasteiger partial charge is 0.342 e. The van der Waals surface area contributed by atoms with Crippen LogP contribution in [0.3, 0.4) is 0 Å². The first-order valence-corrected chi connectivity index (χ1v) is 6.47. The molecule has 1 aromatic carbocycles. The molecule has 0 aliphatic rings. The molecule has 0 amide bonds. The average Bonchev–Trinajstić information content (AvgIpc) is 2.81. The fourth-order valence-electron chi connectivity index (χ4n) is 1.66. The highest BCUT2D eigenvalue weighted by Crippen LogP contribution is 2.27. The quantitative estimate of drug-likeness (QED) is 0.742. The van der Waals surface area contributed by atoms with E-state index in [9.17, 15) is 0 Å². The van der Waals surface area contributed by atoms with Crippen LogP contribution in [0.25, 0.3) is 21.6 Å². The van der Waals surface area contributed by atoms with Crippen LogP contribution < -0.4 is 0 Å². The van der Waals surface area contributed by atoms with Crippen molar-refractivity contribution in [3.8, 4) is 10.6 Å². The van der Waals surface area contributed by atoms with E-state index in [1.165, 1.54) is 0 Å². The topological polar surface area (TPSA) is 41.6 Å². The highest BCUT2D eigenvalue weighted by molar-refractivity contribution is 9.10. The maximum Gasteiger partial charge on any atom is 0.124 e. The van der Waals surface area contributed by atoms with Gasteiger partial charge in [-0.1, -0.05) is 0 Å². The minimum absolute atomic E-state index is 0.883. The zero-order chi connectivity index (χ0) is 11.1. The molecular weight excluding hydrogens is 286 g/mol. The number of thiazole rings is 1. The van der Waals surface area contributed by atoms with Crippen molar-refractivity contribution in [3.05, 3.63) is 34.0 Å². The van der Waals surface area contributed by atoms with Crippen LogP contribution in [-0.4, -0.2) is 15.0 Å². The lowest BCUT2D eigenvalue weighted by Gasteiger charge is -1.95. The average molecular weight is 294 g/mol. The summed E-state index contributed by atoms with van der Waals surface area (Å²) in [5, 5.41) is 3.00. The molecule has 0 saturated heterocycles. The van der Waals surface area contributed by atoms with Crippen LogP contribution in [0.5, 0.6) is 0 Å². The first-order chi connectivity index (χ1) is 7.72. The normalized spacial score (nSPS) is 11.1. The number of halogens is 1. The van der Waals surface area contributed by atoms with Gasteiger partial charge in [-0.15, -0.1) is 11.3 Å². The fourth-order valence-corrected chi connectivity index (χ4v) is 2.91. The van der Waals surface area contributed by atoms with E-state index in [4.69, 9.17) is 0 Å². The lowest BCUT2D eigenvalue weighted by Crippen LogP contribution is -1.76. The number of rotatable bonds is 1. The van der Waals surface area contributed by atoms with E-state index in [1.54, 1.807) is 11.3 Å². The van der Waals surface area contributed by atoms with E-state index in [1.807, 2.05) is 24.4 Å². The molecule has 1 N–H and O–H groups in total. The van der Waals surface area contributed by atoms with Crippen LogP contribution in [0.1, 0.15) is 5.82 Å². The second-order valence-electron chi connectivity index (χ2n) is 3.53. The standard InChI is InChI=1S/C11H8BrN3S/c1-6-13-8-3-2-7(4-9(8)14-6)11-15-10(12)5-16-11/h2-5H,1H3,(H,13,14). The second kappa shape index (κ2) is 3.68. The van der Waals surface area contributed by atoms with E-state index in [0.29, 0.717) is 0 Å². The van der Waals surface area contributed by atoms with Gasteiger partial charge in [0.05, 0.1) is 11.0 Å². The molecule has 0 spiro atoms. The maximum absolute atomic E-state index is 4.40. The molecule has 80 valence electrons. The van der Waals surface area contributed by atoms with Gasteiger partial charge in [0.1, 0.15) is 15.4 Å². The van der Waals surface area contributed by atoms with Crippen molar-refractivity contribution in [3.63, 3.8) is 0 Å². The third kappa shape index (κ3) is 1.66. The third-order valence-electron chi connectivity index (χ3n) is 2.32. The molecule has 0 fully saturated rings. The number of nitrogens with one attached hydrogen (secondary N) is 1. The molecule has 0 atom stereocenters. The third-order valence-corrected chi connectivity index (χ3v) is 3.92. The number of fused-ring (bicyclic) bond motifs is 1. The number of benzene rings is 1. The summed E-state index contributed by atoms with van der Waals surface area (Å²) in [4.78, 5) is 12.0. The molecule has 2 aromatic heterocycles. The number of hydrogen-bond donors (Lipinski definition) is 1. The monoisotopic (exact) mass is 293 g/mol. The summed E-state index contributed by atoms with van der Waals surface area (Å²) >= 11 is 4.99. The smallest absolute Gasteiger partial charge is 0.124 e. The van der Waals surface area contributed by atoms with Crippen molar-refractivity contribution in [1.29, 1.82) is 0 Å². The number of nitrogens with zero attached hydrogens (tertiary/aromatic N) is 2. The van der Waals surface area contributed by atoms with Gasteiger partial charge in [0.15, 0.2) is 0 Å². The highest BCUT2D eigenvalue weighted by atomic mass is 79.9. The summed E-state index contributed by atoms with van der Waals surface area (Å²) in [6.07, 6.45) is 0. The van der Waals surface area contributed by atoms with Crippen LogP contribution in [0.15, 0.2) is 28.2 Å². The number of aromatic amines is 1. The lowest BCUT2D eigenvalue weighted by atomic mass is 10.2. The van der Waals surface area contributed by atoms with Crippen molar-refractivity contribution < 1.29 is 0 Å². The van der Waals surface area contributed by atoms with Crippen LogP contribution >= 0.6 is 27.3 Å². The molecule has 0 aliphatic heterocycles. The first kappa shape index (κ1) is 9.99. The summed E-state index contributed by atoms with van der Waals surface area (Å²) in [7, 11) is 0. The number of hydrogen-bond acceptors (Lipinski definition) is 3. The summed E-state index contributed by atoms with van der Waals surface area (Å²) in [6.45, 7) is 1.96. The molecule has 5 heteroatoms. The Hall–Kier alpha value is -1.20. The minimum Gasteiger partial charge on any atom is -0.342 e. The molecule has 0 bridgehead atoms. The molecule has 2 heterocycles. The molecule has 3 aromatic rings. The van der Waals surface area contributed by atoms with Crippen molar-refractivity contribution in [2.24, 2.45) is 0 Å². The molecular formula is C11H8BrN3S. The first-order valence-electron chi connectivity index (χ1n) is 4.80. The molecule has 3 rings (SSSR count). The summed E-state index contributed by atoms with van der Waals surface area (Å²) < 4.78 is 0.883. The van der Waals surface area contributed by atoms with Crippen molar-refractivity contribution in [2.45, 2.75) is 6.92 Å². The van der Waals surface area contributed by atoms with Gasteiger partial charge in [-0.05, 0) is 41.1 Å². The number of imidazole rings is 1. The maximum atomic E-state index is 4.40. The lowest BCUT2D eigenvalue weighted by molar-refractivity contribution is 1.17. The van der Waals surface area contributed by atoms with E-state index in [2.05, 4.69) is 36.9 Å². The van der Waals surface area contributed by atoms with E-state index < -0.39 is 0 Å².